The van der Waals surface area contributed by atoms with Crippen LogP contribution in [0.5, 0.6) is 0 Å². The first kappa shape index (κ1) is 11.8. The fraction of sp³-hybridized carbons (Fsp3) is 0.714. The molecule has 1 amide bonds. The number of anilines is 1. The molecule has 0 bridgehead atoms. The average molecular weight is 248 g/mol. The van der Waals surface area contributed by atoms with Crippen molar-refractivity contribution in [2.45, 2.75) is 46.0 Å². The van der Waals surface area contributed by atoms with Crippen LogP contribution in [0.15, 0.2) is 4.52 Å². The van der Waals surface area contributed by atoms with Gasteiger partial charge < -0.3 is 9.84 Å². The van der Waals surface area contributed by atoms with E-state index in [4.69, 9.17) is 4.52 Å². The summed E-state index contributed by atoms with van der Waals surface area (Å²) < 4.78 is 5.15. The molecule has 2 aliphatic rings. The normalized spacial score (nSPS) is 19.3. The second-order valence-corrected chi connectivity index (χ2v) is 5.60. The molecule has 0 radical (unpaired) electrons. The predicted octanol–water partition coefficient (Wildman–Crippen LogP) is 2.92. The molecule has 1 heterocycles. The smallest absolute Gasteiger partial charge is 0.228 e. The van der Waals surface area contributed by atoms with Gasteiger partial charge in [-0.1, -0.05) is 12.1 Å². The minimum absolute atomic E-state index is 0.181. The highest BCUT2D eigenvalue weighted by Crippen LogP contribution is 2.49. The lowest BCUT2D eigenvalue weighted by Crippen LogP contribution is -2.26. The van der Waals surface area contributed by atoms with Crippen LogP contribution in [0.3, 0.4) is 0 Å². The van der Waals surface area contributed by atoms with Gasteiger partial charge in [0, 0.05) is 5.92 Å². The number of aromatic nitrogens is 1. The molecule has 0 aromatic carbocycles. The minimum Gasteiger partial charge on any atom is -0.359 e. The van der Waals surface area contributed by atoms with Crippen LogP contribution < -0.4 is 5.32 Å². The summed E-state index contributed by atoms with van der Waals surface area (Å²) in [5, 5.41) is 7.04. The average Bonchev–Trinajstić information content (AvgIpc) is 3.24. The Morgan fingerprint density at radius 2 is 2.00 bits per heavy atom. The van der Waals surface area contributed by atoms with Gasteiger partial charge in [0.15, 0.2) is 5.76 Å². The van der Waals surface area contributed by atoms with Crippen molar-refractivity contribution in [1.82, 2.24) is 5.16 Å². The number of aryl methyl sites for hydroxylation is 2. The second kappa shape index (κ2) is 4.41. The van der Waals surface area contributed by atoms with Crippen LogP contribution in [-0.4, -0.2) is 11.1 Å². The first-order chi connectivity index (χ1) is 8.70. The van der Waals surface area contributed by atoms with Crippen LogP contribution in [0.4, 0.5) is 5.69 Å². The van der Waals surface area contributed by atoms with Crippen LogP contribution in [0.25, 0.3) is 0 Å². The van der Waals surface area contributed by atoms with Crippen molar-refractivity contribution >= 4 is 11.6 Å². The number of nitrogens with zero attached hydrogens (tertiary/aromatic N) is 1. The lowest BCUT2D eigenvalue weighted by molar-refractivity contribution is -0.121. The van der Waals surface area contributed by atoms with E-state index in [0.717, 1.165) is 17.8 Å². The molecular weight excluding hydrogens is 228 g/mol. The summed E-state index contributed by atoms with van der Waals surface area (Å²) in [6.45, 7) is 3.87. The summed E-state index contributed by atoms with van der Waals surface area (Å²) in [5.74, 6) is 2.38. The quantitative estimate of drug-likeness (QED) is 0.871. The SMILES string of the molecule is CCc1noc(C)c1NC(=O)C(C1CC1)C1CC1. The highest BCUT2D eigenvalue weighted by molar-refractivity contribution is 5.94. The van der Waals surface area contributed by atoms with Gasteiger partial charge in [0.25, 0.3) is 0 Å². The van der Waals surface area contributed by atoms with Crippen molar-refractivity contribution < 1.29 is 9.32 Å². The second-order valence-electron chi connectivity index (χ2n) is 5.60. The summed E-state index contributed by atoms with van der Waals surface area (Å²) in [5.41, 5.74) is 1.65. The zero-order chi connectivity index (χ0) is 12.7. The Hall–Kier alpha value is -1.32. The maximum atomic E-state index is 12.4. The molecule has 18 heavy (non-hydrogen) atoms. The van der Waals surface area contributed by atoms with E-state index in [0.29, 0.717) is 17.6 Å². The monoisotopic (exact) mass is 248 g/mol. The highest BCUT2D eigenvalue weighted by atomic mass is 16.5. The number of hydrogen-bond donors (Lipinski definition) is 1. The van der Waals surface area contributed by atoms with Crippen LogP contribution in [0.2, 0.25) is 0 Å². The van der Waals surface area contributed by atoms with Gasteiger partial charge in [0.1, 0.15) is 11.4 Å². The maximum Gasteiger partial charge on any atom is 0.228 e. The molecule has 98 valence electrons. The van der Waals surface area contributed by atoms with Crippen molar-refractivity contribution in [3.05, 3.63) is 11.5 Å². The van der Waals surface area contributed by atoms with Crippen molar-refractivity contribution in [3.63, 3.8) is 0 Å². The lowest BCUT2D eigenvalue weighted by Gasteiger charge is -2.15. The Morgan fingerprint density at radius 1 is 1.39 bits per heavy atom. The van der Waals surface area contributed by atoms with Crippen molar-refractivity contribution in [2.75, 3.05) is 5.32 Å². The van der Waals surface area contributed by atoms with Gasteiger partial charge in [-0.25, -0.2) is 0 Å². The van der Waals surface area contributed by atoms with Crippen LogP contribution >= 0.6 is 0 Å². The van der Waals surface area contributed by atoms with Gasteiger partial charge >= 0.3 is 0 Å². The number of rotatable bonds is 5. The van der Waals surface area contributed by atoms with Crippen molar-refractivity contribution in [1.29, 1.82) is 0 Å². The summed E-state index contributed by atoms with van der Waals surface area (Å²) in [6, 6.07) is 0. The van der Waals surface area contributed by atoms with Crippen LogP contribution in [0.1, 0.15) is 44.1 Å². The van der Waals surface area contributed by atoms with E-state index in [1.165, 1.54) is 25.7 Å². The fourth-order valence-electron chi connectivity index (χ4n) is 2.75. The van der Waals surface area contributed by atoms with E-state index in [1.54, 1.807) is 0 Å². The first-order valence-electron chi connectivity index (χ1n) is 6.96. The molecule has 2 aliphatic carbocycles. The third-order valence-corrected chi connectivity index (χ3v) is 4.08. The van der Waals surface area contributed by atoms with E-state index in [-0.39, 0.29) is 11.8 Å². The summed E-state index contributed by atoms with van der Waals surface area (Å²) in [7, 11) is 0. The minimum atomic E-state index is 0.181. The van der Waals surface area contributed by atoms with Gasteiger partial charge in [0.05, 0.1) is 0 Å². The number of hydrogen-bond acceptors (Lipinski definition) is 3. The van der Waals surface area contributed by atoms with Gasteiger partial charge in [-0.3, -0.25) is 4.79 Å². The predicted molar refractivity (Wildman–Crippen MR) is 68.2 cm³/mol. The van der Waals surface area contributed by atoms with Crippen LogP contribution in [-0.2, 0) is 11.2 Å². The third-order valence-electron chi connectivity index (χ3n) is 4.08. The Bertz CT molecular complexity index is 446. The molecule has 0 saturated heterocycles. The van der Waals surface area contributed by atoms with Crippen LogP contribution in [0, 0.1) is 24.7 Å². The molecular formula is C14H20N2O2. The van der Waals surface area contributed by atoms with Gasteiger partial charge in [0.2, 0.25) is 5.91 Å². The topological polar surface area (TPSA) is 55.1 Å². The van der Waals surface area contributed by atoms with E-state index < -0.39 is 0 Å². The molecule has 4 nitrogen and oxygen atoms in total. The molecule has 1 N–H and O–H groups in total. The molecule has 0 atom stereocenters. The zero-order valence-electron chi connectivity index (χ0n) is 11.0. The molecule has 0 aliphatic heterocycles. The van der Waals surface area contributed by atoms with Gasteiger partial charge in [-0.05, 0) is 50.9 Å². The van der Waals surface area contributed by atoms with E-state index in [9.17, 15) is 4.79 Å². The van der Waals surface area contributed by atoms with Crippen molar-refractivity contribution in [3.8, 4) is 0 Å². The van der Waals surface area contributed by atoms with E-state index in [2.05, 4.69) is 10.5 Å². The number of carbonyl (C=O) groups excluding carboxylic acids is 1. The Kier molecular flexibility index (Phi) is 2.88. The summed E-state index contributed by atoms with van der Waals surface area (Å²) in [6.07, 6.45) is 5.66. The fourth-order valence-corrected chi connectivity index (χ4v) is 2.75. The van der Waals surface area contributed by atoms with Crippen molar-refractivity contribution in [2.24, 2.45) is 17.8 Å². The number of amides is 1. The first-order valence-corrected chi connectivity index (χ1v) is 6.96. The summed E-state index contributed by atoms with van der Waals surface area (Å²) >= 11 is 0. The zero-order valence-corrected chi connectivity index (χ0v) is 11.0. The summed E-state index contributed by atoms with van der Waals surface area (Å²) in [4.78, 5) is 12.4. The van der Waals surface area contributed by atoms with Gasteiger partial charge in [-0.15, -0.1) is 0 Å². The Balaban J connectivity index is 1.74. The number of carbonyl (C=O) groups is 1. The Labute approximate surface area is 107 Å². The molecule has 2 fully saturated rings. The highest BCUT2D eigenvalue weighted by Gasteiger charge is 2.45. The van der Waals surface area contributed by atoms with E-state index >= 15 is 0 Å². The third kappa shape index (κ3) is 2.16. The van der Waals surface area contributed by atoms with Gasteiger partial charge in [-0.2, -0.15) is 0 Å². The molecule has 0 unspecified atom stereocenters. The maximum absolute atomic E-state index is 12.4. The molecule has 4 heteroatoms. The lowest BCUT2D eigenvalue weighted by atomic mass is 9.96. The molecule has 1 aromatic rings. The largest absolute Gasteiger partial charge is 0.359 e. The number of nitrogens with one attached hydrogen (secondary N) is 1. The Morgan fingerprint density at radius 3 is 2.50 bits per heavy atom. The standard InChI is InChI=1S/C14H20N2O2/c1-3-11-13(8(2)18-16-11)15-14(17)12(9-4-5-9)10-6-7-10/h9-10,12H,3-7H2,1-2H3,(H,15,17). The molecule has 0 spiro atoms. The molecule has 1 aromatic heterocycles. The van der Waals surface area contributed by atoms with E-state index in [1.807, 2.05) is 13.8 Å². The molecule has 2 saturated carbocycles. The molecule has 3 rings (SSSR count).